The maximum atomic E-state index is 11.8. The molecular formula is C13H16N2O3S. The topological polar surface area (TPSA) is 78.4 Å². The van der Waals surface area contributed by atoms with Gasteiger partial charge in [-0.2, -0.15) is 0 Å². The van der Waals surface area contributed by atoms with Crippen LogP contribution in [0.15, 0.2) is 12.1 Å². The van der Waals surface area contributed by atoms with Crippen molar-refractivity contribution in [3.05, 3.63) is 21.9 Å². The number of carbonyl (C=O) groups excluding carboxylic acids is 2. The van der Waals surface area contributed by atoms with Gasteiger partial charge in [-0.3, -0.25) is 9.59 Å². The summed E-state index contributed by atoms with van der Waals surface area (Å²) in [6.07, 6.45) is 0.410. The highest BCUT2D eigenvalue weighted by Gasteiger charge is 2.16. The Bertz CT molecular complexity index is 513. The lowest BCUT2D eigenvalue weighted by atomic mass is 10.3. The fraction of sp³-hybridized carbons (Fsp3) is 0.385. The third kappa shape index (κ3) is 4.73. The maximum absolute atomic E-state index is 11.8. The quantitative estimate of drug-likeness (QED) is 0.696. The molecule has 0 bridgehead atoms. The number of amides is 2. The Kier molecular flexibility index (Phi) is 6.06. The van der Waals surface area contributed by atoms with E-state index in [2.05, 4.69) is 22.5 Å². The molecule has 0 fully saturated rings. The van der Waals surface area contributed by atoms with Crippen LogP contribution in [0.3, 0.4) is 0 Å². The predicted molar refractivity (Wildman–Crippen MR) is 73.9 cm³/mol. The fourth-order valence-electron chi connectivity index (χ4n) is 1.28. The monoisotopic (exact) mass is 280 g/mol. The molecule has 0 aliphatic rings. The van der Waals surface area contributed by atoms with Crippen molar-refractivity contribution in [2.75, 3.05) is 13.7 Å². The van der Waals surface area contributed by atoms with Crippen LogP contribution in [0.4, 0.5) is 0 Å². The van der Waals surface area contributed by atoms with Gasteiger partial charge in [-0.15, -0.1) is 11.3 Å². The van der Waals surface area contributed by atoms with Gasteiger partial charge in [0.25, 0.3) is 5.91 Å². The third-order valence-electron chi connectivity index (χ3n) is 2.27. The Hall–Kier alpha value is -1.84. The van der Waals surface area contributed by atoms with Crippen LogP contribution in [0.5, 0.6) is 0 Å². The Morgan fingerprint density at radius 1 is 1.47 bits per heavy atom. The number of hydrogen-bond acceptors (Lipinski definition) is 4. The molecular weight excluding hydrogens is 264 g/mol. The van der Waals surface area contributed by atoms with Gasteiger partial charge in [-0.1, -0.05) is 11.8 Å². The summed E-state index contributed by atoms with van der Waals surface area (Å²) in [5.41, 5.74) is 0. The maximum Gasteiger partial charge on any atom is 0.262 e. The van der Waals surface area contributed by atoms with Gasteiger partial charge >= 0.3 is 0 Å². The minimum absolute atomic E-state index is 0.0232. The number of hydrogen-bond donors (Lipinski definition) is 3. The molecule has 1 rings (SSSR count). The summed E-state index contributed by atoms with van der Waals surface area (Å²) < 4.78 is 0. The highest BCUT2D eigenvalue weighted by molar-refractivity contribution is 7.14. The lowest BCUT2D eigenvalue weighted by Gasteiger charge is -2.10. The van der Waals surface area contributed by atoms with Gasteiger partial charge in [-0.05, 0) is 19.1 Å². The van der Waals surface area contributed by atoms with E-state index in [1.807, 2.05) is 0 Å². The van der Waals surface area contributed by atoms with Crippen molar-refractivity contribution in [2.24, 2.45) is 0 Å². The third-order valence-corrected chi connectivity index (χ3v) is 3.26. The molecule has 0 aromatic carbocycles. The molecule has 3 N–H and O–H groups in total. The van der Waals surface area contributed by atoms with Crippen LogP contribution in [0, 0.1) is 11.8 Å². The molecule has 0 saturated heterocycles. The van der Waals surface area contributed by atoms with E-state index in [1.54, 1.807) is 19.1 Å². The normalized spacial score (nSPS) is 11.1. The van der Waals surface area contributed by atoms with Crippen molar-refractivity contribution in [1.82, 2.24) is 10.6 Å². The number of thiophene rings is 1. The van der Waals surface area contributed by atoms with Crippen LogP contribution in [0.25, 0.3) is 0 Å². The highest BCUT2D eigenvalue weighted by Crippen LogP contribution is 2.15. The van der Waals surface area contributed by atoms with Crippen LogP contribution >= 0.6 is 11.3 Å². The van der Waals surface area contributed by atoms with Gasteiger partial charge < -0.3 is 15.7 Å². The molecule has 1 aromatic rings. The van der Waals surface area contributed by atoms with E-state index >= 15 is 0 Å². The average molecular weight is 280 g/mol. The second-order valence-electron chi connectivity index (χ2n) is 3.75. The Morgan fingerprint density at radius 2 is 2.21 bits per heavy atom. The van der Waals surface area contributed by atoms with Gasteiger partial charge in [0.1, 0.15) is 6.04 Å². The van der Waals surface area contributed by atoms with E-state index in [0.717, 1.165) is 4.88 Å². The Balaban J connectivity index is 2.64. The van der Waals surface area contributed by atoms with E-state index in [0.29, 0.717) is 11.3 Å². The molecule has 0 saturated carbocycles. The van der Waals surface area contributed by atoms with Gasteiger partial charge in [0.05, 0.1) is 16.4 Å². The predicted octanol–water partition coefficient (Wildman–Crippen LogP) is 0.346. The van der Waals surface area contributed by atoms with Crippen LogP contribution < -0.4 is 10.6 Å². The minimum Gasteiger partial charge on any atom is -0.395 e. The largest absolute Gasteiger partial charge is 0.395 e. The SMILES string of the molecule is CNC(=O)C(C)NC(=O)c1ccc(C#CCCO)s1. The molecule has 19 heavy (non-hydrogen) atoms. The standard InChI is InChI=1S/C13H16N2O3S/c1-9(12(17)14-2)15-13(18)11-7-6-10(19-11)5-3-4-8-16/h6-7,9,16H,4,8H2,1-2H3,(H,14,17)(H,15,18). The van der Waals surface area contributed by atoms with Crippen LogP contribution in [0.1, 0.15) is 27.9 Å². The van der Waals surface area contributed by atoms with Crippen molar-refractivity contribution in [3.8, 4) is 11.8 Å². The summed E-state index contributed by atoms with van der Waals surface area (Å²) in [6, 6.07) is 2.83. The number of carbonyl (C=O) groups is 2. The van der Waals surface area contributed by atoms with Gasteiger partial charge in [0.15, 0.2) is 0 Å². The summed E-state index contributed by atoms with van der Waals surface area (Å²) in [5, 5.41) is 13.7. The second-order valence-corrected chi connectivity index (χ2v) is 4.83. The summed E-state index contributed by atoms with van der Waals surface area (Å²) in [5.74, 6) is 5.11. The van der Waals surface area contributed by atoms with E-state index in [-0.39, 0.29) is 18.4 Å². The van der Waals surface area contributed by atoms with Crippen molar-refractivity contribution in [3.63, 3.8) is 0 Å². The lowest BCUT2D eigenvalue weighted by molar-refractivity contribution is -0.122. The van der Waals surface area contributed by atoms with Gasteiger partial charge in [0, 0.05) is 13.5 Å². The smallest absolute Gasteiger partial charge is 0.262 e. The van der Waals surface area contributed by atoms with Crippen molar-refractivity contribution in [1.29, 1.82) is 0 Å². The minimum atomic E-state index is -0.580. The molecule has 1 heterocycles. The molecule has 2 amide bonds. The van der Waals surface area contributed by atoms with E-state index in [4.69, 9.17) is 5.11 Å². The van der Waals surface area contributed by atoms with Crippen LogP contribution in [-0.2, 0) is 4.79 Å². The van der Waals surface area contributed by atoms with Crippen LogP contribution in [-0.4, -0.2) is 36.6 Å². The lowest BCUT2D eigenvalue weighted by Crippen LogP contribution is -2.43. The molecule has 0 aliphatic heterocycles. The molecule has 0 aliphatic carbocycles. The first-order valence-electron chi connectivity index (χ1n) is 5.80. The summed E-state index contributed by atoms with van der Waals surface area (Å²) in [7, 11) is 1.52. The number of aliphatic hydroxyl groups is 1. The summed E-state index contributed by atoms with van der Waals surface area (Å²) in [6.45, 7) is 1.64. The molecule has 0 radical (unpaired) electrons. The molecule has 102 valence electrons. The second kappa shape index (κ2) is 7.56. The first-order chi connectivity index (χ1) is 9.08. The fourth-order valence-corrected chi connectivity index (χ4v) is 2.07. The van der Waals surface area contributed by atoms with E-state index < -0.39 is 6.04 Å². The number of aliphatic hydroxyl groups excluding tert-OH is 1. The van der Waals surface area contributed by atoms with Gasteiger partial charge in [0.2, 0.25) is 5.91 Å². The first kappa shape index (κ1) is 15.2. The number of rotatable bonds is 4. The molecule has 6 heteroatoms. The van der Waals surface area contributed by atoms with Crippen molar-refractivity contribution >= 4 is 23.2 Å². The van der Waals surface area contributed by atoms with Gasteiger partial charge in [-0.25, -0.2) is 0 Å². The first-order valence-corrected chi connectivity index (χ1v) is 6.62. The van der Waals surface area contributed by atoms with E-state index in [1.165, 1.54) is 18.4 Å². The zero-order valence-corrected chi connectivity index (χ0v) is 11.6. The van der Waals surface area contributed by atoms with E-state index in [9.17, 15) is 9.59 Å². The molecule has 5 nitrogen and oxygen atoms in total. The molecule has 1 atom stereocenters. The molecule has 1 aromatic heterocycles. The molecule has 0 spiro atoms. The zero-order chi connectivity index (χ0) is 14.3. The van der Waals surface area contributed by atoms with Crippen molar-refractivity contribution < 1.29 is 14.7 Å². The van der Waals surface area contributed by atoms with Crippen molar-refractivity contribution in [2.45, 2.75) is 19.4 Å². The number of nitrogens with one attached hydrogen (secondary N) is 2. The molecule has 1 unspecified atom stereocenters. The Morgan fingerprint density at radius 3 is 2.84 bits per heavy atom. The summed E-state index contributed by atoms with van der Waals surface area (Å²) >= 11 is 1.25. The highest BCUT2D eigenvalue weighted by atomic mass is 32.1. The van der Waals surface area contributed by atoms with Crippen LogP contribution in [0.2, 0.25) is 0 Å². The summed E-state index contributed by atoms with van der Waals surface area (Å²) in [4.78, 5) is 24.4. The Labute approximate surface area is 116 Å². The average Bonchev–Trinajstić information content (AvgIpc) is 2.87. The zero-order valence-electron chi connectivity index (χ0n) is 10.8. The number of likely N-dealkylation sites (N-methyl/N-ethyl adjacent to an activating group) is 1.